The van der Waals surface area contributed by atoms with Crippen molar-refractivity contribution in [3.05, 3.63) is 106 Å². The van der Waals surface area contributed by atoms with E-state index in [1.807, 2.05) is 74.5 Å². The van der Waals surface area contributed by atoms with Gasteiger partial charge in [0.25, 0.3) is 11.8 Å². The second-order valence-corrected chi connectivity index (χ2v) is 8.16. The molecule has 0 aliphatic rings. The third-order valence-corrected chi connectivity index (χ3v) is 5.11. The van der Waals surface area contributed by atoms with E-state index in [2.05, 4.69) is 5.32 Å². The molecule has 3 rings (SSSR count). The van der Waals surface area contributed by atoms with Gasteiger partial charge in [-0.25, -0.2) is 0 Å². The van der Waals surface area contributed by atoms with E-state index in [0.717, 1.165) is 11.1 Å². The molecule has 0 bridgehead atoms. The first-order valence-corrected chi connectivity index (χ1v) is 10.7. The van der Waals surface area contributed by atoms with Crippen molar-refractivity contribution in [3.63, 3.8) is 0 Å². The van der Waals surface area contributed by atoms with Crippen molar-refractivity contribution in [3.8, 4) is 0 Å². The number of aromatic nitrogens is 1. The average Bonchev–Trinajstić information content (AvgIpc) is 2.79. The molecule has 1 aromatic heterocycles. The minimum absolute atomic E-state index is 0.00658. The molecule has 0 saturated carbocycles. The first-order chi connectivity index (χ1) is 15.3. The van der Waals surface area contributed by atoms with Gasteiger partial charge in [-0.1, -0.05) is 60.7 Å². The number of nitrogens with zero attached hydrogens (tertiary/aromatic N) is 2. The van der Waals surface area contributed by atoms with Crippen LogP contribution >= 0.6 is 0 Å². The van der Waals surface area contributed by atoms with Gasteiger partial charge in [0, 0.05) is 38.6 Å². The lowest BCUT2D eigenvalue weighted by molar-refractivity contribution is 0.0794. The summed E-state index contributed by atoms with van der Waals surface area (Å²) in [5, 5.41) is 2.76. The van der Waals surface area contributed by atoms with E-state index in [1.54, 1.807) is 17.8 Å². The van der Waals surface area contributed by atoms with Gasteiger partial charge in [0.15, 0.2) is 0 Å². The minimum atomic E-state index is -0.552. The lowest BCUT2D eigenvalue weighted by Gasteiger charge is -2.19. The van der Waals surface area contributed by atoms with Crippen LogP contribution in [0.4, 0.5) is 0 Å². The Morgan fingerprint density at radius 3 is 2.06 bits per heavy atom. The number of hydrogen-bond acceptors (Lipinski definition) is 3. The lowest BCUT2D eigenvalue weighted by Crippen LogP contribution is -2.38. The second-order valence-electron chi connectivity index (χ2n) is 8.16. The summed E-state index contributed by atoms with van der Waals surface area (Å²) >= 11 is 0. The van der Waals surface area contributed by atoms with Crippen molar-refractivity contribution in [2.45, 2.75) is 32.9 Å². The number of amides is 2. The summed E-state index contributed by atoms with van der Waals surface area (Å²) in [5.41, 5.74) is 1.52. The molecule has 0 aliphatic heterocycles. The second kappa shape index (κ2) is 10.6. The monoisotopic (exact) mass is 431 g/mol. The fourth-order valence-electron chi connectivity index (χ4n) is 3.42. The molecule has 0 spiro atoms. The fourth-order valence-corrected chi connectivity index (χ4v) is 3.42. The summed E-state index contributed by atoms with van der Waals surface area (Å²) in [6.45, 7) is 4.56. The van der Waals surface area contributed by atoms with Crippen LogP contribution in [0.15, 0.2) is 77.9 Å². The molecule has 1 heterocycles. The van der Waals surface area contributed by atoms with Crippen molar-refractivity contribution in [2.24, 2.45) is 0 Å². The van der Waals surface area contributed by atoms with Crippen LogP contribution in [0.25, 0.3) is 0 Å². The average molecular weight is 432 g/mol. The zero-order valence-electron chi connectivity index (χ0n) is 18.7. The Kier molecular flexibility index (Phi) is 7.60. The SMILES string of the molecule is CC(C)NC(=O)c1cn(Cc2ccccc2)cc(C(=O)N(C)CCc2ccccc2)c1=O. The number of nitrogens with one attached hydrogen (secondary N) is 1. The molecule has 1 N–H and O–H groups in total. The van der Waals surface area contributed by atoms with Crippen LogP contribution in [0.2, 0.25) is 0 Å². The molecule has 0 atom stereocenters. The smallest absolute Gasteiger partial charge is 0.259 e. The van der Waals surface area contributed by atoms with Crippen molar-refractivity contribution >= 4 is 11.8 Å². The summed E-state index contributed by atoms with van der Waals surface area (Å²) in [6.07, 6.45) is 3.74. The van der Waals surface area contributed by atoms with Gasteiger partial charge in [-0.15, -0.1) is 0 Å². The highest BCUT2D eigenvalue weighted by Crippen LogP contribution is 2.08. The van der Waals surface area contributed by atoms with Gasteiger partial charge in [-0.2, -0.15) is 0 Å². The van der Waals surface area contributed by atoms with E-state index in [-0.39, 0.29) is 17.2 Å². The van der Waals surface area contributed by atoms with Crippen LogP contribution in [-0.4, -0.2) is 40.9 Å². The molecule has 0 fully saturated rings. The van der Waals surface area contributed by atoms with Crippen molar-refractivity contribution in [1.29, 1.82) is 0 Å². The number of rotatable bonds is 8. The maximum atomic E-state index is 13.2. The van der Waals surface area contributed by atoms with E-state index in [0.29, 0.717) is 19.5 Å². The summed E-state index contributed by atoms with van der Waals surface area (Å²) in [5.74, 6) is -0.875. The maximum absolute atomic E-state index is 13.2. The highest BCUT2D eigenvalue weighted by atomic mass is 16.2. The van der Waals surface area contributed by atoms with Gasteiger partial charge >= 0.3 is 0 Å². The van der Waals surface area contributed by atoms with Gasteiger partial charge in [-0.3, -0.25) is 14.4 Å². The summed E-state index contributed by atoms with van der Waals surface area (Å²) < 4.78 is 1.73. The highest BCUT2D eigenvalue weighted by Gasteiger charge is 2.22. The van der Waals surface area contributed by atoms with Gasteiger partial charge in [0.1, 0.15) is 11.1 Å². The number of carbonyl (C=O) groups is 2. The van der Waals surface area contributed by atoms with Crippen molar-refractivity contribution in [1.82, 2.24) is 14.8 Å². The molecular formula is C26H29N3O3. The summed E-state index contributed by atoms with van der Waals surface area (Å²) in [7, 11) is 1.67. The number of likely N-dealkylation sites (N-methyl/N-ethyl adjacent to an activating group) is 1. The molecule has 2 aromatic carbocycles. The molecule has 32 heavy (non-hydrogen) atoms. The van der Waals surface area contributed by atoms with E-state index in [1.165, 1.54) is 11.1 Å². The van der Waals surface area contributed by atoms with Gasteiger partial charge in [0.2, 0.25) is 5.43 Å². The van der Waals surface area contributed by atoms with E-state index >= 15 is 0 Å². The largest absolute Gasteiger partial charge is 0.350 e. The van der Waals surface area contributed by atoms with Crippen molar-refractivity contribution < 1.29 is 9.59 Å². The summed E-state index contributed by atoms with van der Waals surface area (Å²) in [6, 6.07) is 19.4. The molecule has 0 saturated heterocycles. The quantitative estimate of drug-likeness (QED) is 0.595. The van der Waals surface area contributed by atoms with Crippen LogP contribution in [0.5, 0.6) is 0 Å². The number of pyridine rings is 1. The zero-order valence-corrected chi connectivity index (χ0v) is 18.7. The first kappa shape index (κ1) is 23.0. The minimum Gasteiger partial charge on any atom is -0.350 e. The fraction of sp³-hybridized carbons (Fsp3) is 0.269. The van der Waals surface area contributed by atoms with Crippen LogP contribution in [-0.2, 0) is 13.0 Å². The standard InChI is InChI=1S/C26H29N3O3/c1-19(2)27-25(31)22-17-29(16-21-12-8-5-9-13-21)18-23(24(22)30)26(32)28(3)15-14-20-10-6-4-7-11-20/h4-13,17-19H,14-16H2,1-3H3,(H,27,31). The zero-order chi connectivity index (χ0) is 23.1. The summed E-state index contributed by atoms with van der Waals surface area (Å²) in [4.78, 5) is 40.5. The van der Waals surface area contributed by atoms with Crippen molar-refractivity contribution in [2.75, 3.05) is 13.6 Å². The van der Waals surface area contributed by atoms with E-state index in [9.17, 15) is 14.4 Å². The van der Waals surface area contributed by atoms with Gasteiger partial charge in [0.05, 0.1) is 0 Å². The van der Waals surface area contributed by atoms with Gasteiger partial charge in [-0.05, 0) is 31.4 Å². The predicted molar refractivity (Wildman–Crippen MR) is 126 cm³/mol. The Morgan fingerprint density at radius 2 is 1.47 bits per heavy atom. The predicted octanol–water partition coefficient (Wildman–Crippen LogP) is 3.35. The van der Waals surface area contributed by atoms with Crippen LogP contribution in [0, 0.1) is 0 Å². The molecule has 166 valence electrons. The third-order valence-electron chi connectivity index (χ3n) is 5.11. The van der Waals surface area contributed by atoms with E-state index in [4.69, 9.17) is 0 Å². The first-order valence-electron chi connectivity index (χ1n) is 10.7. The molecule has 6 nitrogen and oxygen atoms in total. The van der Waals surface area contributed by atoms with Gasteiger partial charge < -0.3 is 14.8 Å². The molecule has 0 unspecified atom stereocenters. The van der Waals surface area contributed by atoms with E-state index < -0.39 is 17.2 Å². The normalized spacial score (nSPS) is 10.8. The van der Waals surface area contributed by atoms with Crippen LogP contribution in [0.1, 0.15) is 45.7 Å². The Labute approximate surface area is 188 Å². The lowest BCUT2D eigenvalue weighted by atomic mass is 10.1. The number of carbonyl (C=O) groups excluding carboxylic acids is 2. The molecule has 0 radical (unpaired) electrons. The number of hydrogen-bond donors (Lipinski definition) is 1. The third kappa shape index (κ3) is 5.94. The van der Waals surface area contributed by atoms with Crippen LogP contribution in [0.3, 0.4) is 0 Å². The Morgan fingerprint density at radius 1 is 0.906 bits per heavy atom. The molecular weight excluding hydrogens is 402 g/mol. The number of benzene rings is 2. The van der Waals surface area contributed by atoms with Crippen LogP contribution < -0.4 is 10.7 Å². The highest BCUT2D eigenvalue weighted by molar-refractivity contribution is 5.99. The Bertz CT molecular complexity index is 1120. The Balaban J connectivity index is 1.91. The topological polar surface area (TPSA) is 71.4 Å². The molecule has 0 aliphatic carbocycles. The maximum Gasteiger partial charge on any atom is 0.259 e. The Hall–Kier alpha value is -3.67. The molecule has 2 amide bonds. The molecule has 3 aromatic rings. The molecule has 6 heteroatoms.